The van der Waals surface area contributed by atoms with Crippen molar-refractivity contribution in [2.24, 2.45) is 11.7 Å². The van der Waals surface area contributed by atoms with Crippen molar-refractivity contribution >= 4 is 11.4 Å². The molecule has 0 spiro atoms. The third-order valence-corrected chi connectivity index (χ3v) is 5.71. The van der Waals surface area contributed by atoms with Crippen LogP contribution in [-0.2, 0) is 0 Å². The van der Waals surface area contributed by atoms with Crippen molar-refractivity contribution in [3.8, 4) is 11.3 Å². The van der Waals surface area contributed by atoms with Gasteiger partial charge in [-0.2, -0.15) is 0 Å². The molecule has 3 unspecified atom stereocenters. The molecular formula is C24H26F3N5. The quantitative estimate of drug-likeness (QED) is 0.589. The normalized spacial score (nSPS) is 19.6. The molecule has 0 bridgehead atoms. The van der Waals surface area contributed by atoms with Gasteiger partial charge >= 0.3 is 0 Å². The molecule has 0 radical (unpaired) electrons. The molecule has 3 N–H and O–H groups in total. The highest BCUT2D eigenvalue weighted by Gasteiger charge is 2.25. The Morgan fingerprint density at radius 3 is 2.53 bits per heavy atom. The number of nitrogens with zero attached hydrogens (tertiary/aromatic N) is 3. The molecule has 3 atom stereocenters. The second-order valence-corrected chi connectivity index (χ2v) is 8.43. The predicted octanol–water partition coefficient (Wildman–Crippen LogP) is 4.91. The largest absolute Gasteiger partial charge is 0.374 e. The van der Waals surface area contributed by atoms with E-state index in [4.69, 9.17) is 5.73 Å². The molecule has 1 fully saturated rings. The van der Waals surface area contributed by atoms with Crippen molar-refractivity contribution in [2.75, 3.05) is 23.3 Å². The third kappa shape index (κ3) is 4.55. The Morgan fingerprint density at radius 1 is 1.06 bits per heavy atom. The van der Waals surface area contributed by atoms with Gasteiger partial charge < -0.3 is 16.0 Å². The molecule has 32 heavy (non-hydrogen) atoms. The van der Waals surface area contributed by atoms with Crippen LogP contribution in [0.5, 0.6) is 0 Å². The Labute approximate surface area is 185 Å². The maximum Gasteiger partial charge on any atom is 0.149 e. The molecule has 1 aliphatic heterocycles. The second-order valence-electron chi connectivity index (χ2n) is 8.43. The Balaban J connectivity index is 1.63. The lowest BCUT2D eigenvalue weighted by atomic mass is 9.96. The Bertz CT molecular complexity index is 1080. The molecule has 0 aliphatic carbocycles. The van der Waals surface area contributed by atoms with Gasteiger partial charge in [0.2, 0.25) is 0 Å². The monoisotopic (exact) mass is 441 g/mol. The topological polar surface area (TPSA) is 67.1 Å². The van der Waals surface area contributed by atoms with Crippen molar-refractivity contribution < 1.29 is 13.2 Å². The maximum atomic E-state index is 14.4. The minimum absolute atomic E-state index is 0.0918. The van der Waals surface area contributed by atoms with Gasteiger partial charge in [-0.15, -0.1) is 0 Å². The number of nitrogens with two attached hydrogens (primary N) is 1. The Kier molecular flexibility index (Phi) is 6.32. The van der Waals surface area contributed by atoms with Gasteiger partial charge in [0.15, 0.2) is 0 Å². The standard InChI is InChI=1S/C24H26F3N5/c1-14-10-16(28)13-32(12-14)22-8-9-29-11-21(22)30-15(2)20-7-6-19(27)24(31-20)23-17(25)4-3-5-18(23)26/h3-9,11,14-16,30H,10,12-13,28H2,1-2H3. The van der Waals surface area contributed by atoms with Crippen LogP contribution >= 0.6 is 0 Å². The van der Waals surface area contributed by atoms with Gasteiger partial charge in [-0.1, -0.05) is 13.0 Å². The van der Waals surface area contributed by atoms with Crippen molar-refractivity contribution in [3.63, 3.8) is 0 Å². The van der Waals surface area contributed by atoms with Gasteiger partial charge in [-0.25, -0.2) is 18.2 Å². The zero-order valence-electron chi connectivity index (χ0n) is 18.0. The Morgan fingerprint density at radius 2 is 1.81 bits per heavy atom. The molecule has 1 aliphatic rings. The molecule has 5 nitrogen and oxygen atoms in total. The molecule has 0 saturated carbocycles. The molecule has 0 amide bonds. The van der Waals surface area contributed by atoms with Crippen LogP contribution in [0.15, 0.2) is 48.8 Å². The molecular weight excluding hydrogens is 415 g/mol. The van der Waals surface area contributed by atoms with Crippen molar-refractivity contribution in [2.45, 2.75) is 32.4 Å². The predicted molar refractivity (Wildman–Crippen MR) is 120 cm³/mol. The summed E-state index contributed by atoms with van der Waals surface area (Å²) in [5, 5.41) is 3.36. The minimum Gasteiger partial charge on any atom is -0.374 e. The molecule has 3 aromatic rings. The number of rotatable bonds is 5. The first-order valence-electron chi connectivity index (χ1n) is 10.7. The van der Waals surface area contributed by atoms with E-state index in [0.29, 0.717) is 11.6 Å². The number of halogens is 3. The van der Waals surface area contributed by atoms with Crippen LogP contribution in [0.2, 0.25) is 0 Å². The van der Waals surface area contributed by atoms with Gasteiger partial charge in [0.05, 0.1) is 34.9 Å². The third-order valence-electron chi connectivity index (χ3n) is 5.71. The number of pyridine rings is 2. The van der Waals surface area contributed by atoms with Crippen molar-refractivity contribution in [1.82, 2.24) is 9.97 Å². The number of hydrogen-bond acceptors (Lipinski definition) is 5. The second kappa shape index (κ2) is 9.16. The fourth-order valence-corrected chi connectivity index (χ4v) is 4.28. The smallest absolute Gasteiger partial charge is 0.149 e. The fraction of sp³-hybridized carbons (Fsp3) is 0.333. The zero-order chi connectivity index (χ0) is 22.8. The summed E-state index contributed by atoms with van der Waals surface area (Å²) >= 11 is 0. The number of aromatic nitrogens is 2. The summed E-state index contributed by atoms with van der Waals surface area (Å²) < 4.78 is 42.9. The first-order valence-corrected chi connectivity index (χ1v) is 10.7. The summed E-state index contributed by atoms with van der Waals surface area (Å²) in [5.74, 6) is -2.05. The highest BCUT2D eigenvalue weighted by atomic mass is 19.1. The highest BCUT2D eigenvalue weighted by molar-refractivity contribution is 5.70. The summed E-state index contributed by atoms with van der Waals surface area (Å²) in [5.41, 5.74) is 7.59. The van der Waals surface area contributed by atoms with E-state index in [0.717, 1.165) is 43.0 Å². The zero-order valence-corrected chi connectivity index (χ0v) is 18.0. The summed E-state index contributed by atoms with van der Waals surface area (Å²) in [6.07, 6.45) is 4.43. The molecule has 4 rings (SSSR count). The summed E-state index contributed by atoms with van der Waals surface area (Å²) in [6, 6.07) is 7.73. The van der Waals surface area contributed by atoms with E-state index in [-0.39, 0.29) is 17.8 Å². The van der Waals surface area contributed by atoms with Crippen LogP contribution in [0, 0.1) is 23.4 Å². The van der Waals surface area contributed by atoms with Crippen LogP contribution in [0.3, 0.4) is 0 Å². The van der Waals surface area contributed by atoms with Gasteiger partial charge in [-0.05, 0) is 49.6 Å². The van der Waals surface area contributed by atoms with Crippen LogP contribution in [0.1, 0.15) is 32.0 Å². The van der Waals surface area contributed by atoms with Crippen molar-refractivity contribution in [1.29, 1.82) is 0 Å². The summed E-state index contributed by atoms with van der Waals surface area (Å²) in [7, 11) is 0. The minimum atomic E-state index is -0.862. The van der Waals surface area contributed by atoms with Gasteiger partial charge in [0.25, 0.3) is 0 Å². The van der Waals surface area contributed by atoms with Crippen LogP contribution in [0.25, 0.3) is 11.3 Å². The van der Waals surface area contributed by atoms with Gasteiger partial charge in [-0.3, -0.25) is 4.98 Å². The average Bonchev–Trinajstić information content (AvgIpc) is 2.74. The average molecular weight is 442 g/mol. The van der Waals surface area contributed by atoms with E-state index in [1.807, 2.05) is 13.0 Å². The molecule has 1 aromatic carbocycles. The highest BCUT2D eigenvalue weighted by Crippen LogP contribution is 2.32. The van der Waals surface area contributed by atoms with E-state index in [1.165, 1.54) is 18.2 Å². The summed E-state index contributed by atoms with van der Waals surface area (Å²) in [6.45, 7) is 5.65. The van der Waals surface area contributed by atoms with Crippen LogP contribution in [0.4, 0.5) is 24.5 Å². The van der Waals surface area contributed by atoms with E-state index in [9.17, 15) is 13.2 Å². The number of benzene rings is 1. The first-order chi connectivity index (χ1) is 15.3. The van der Waals surface area contributed by atoms with Gasteiger partial charge in [0.1, 0.15) is 23.1 Å². The van der Waals surface area contributed by atoms with E-state index in [2.05, 4.69) is 27.1 Å². The van der Waals surface area contributed by atoms with E-state index < -0.39 is 23.0 Å². The van der Waals surface area contributed by atoms with Crippen LogP contribution in [-0.4, -0.2) is 29.1 Å². The maximum absolute atomic E-state index is 14.4. The van der Waals surface area contributed by atoms with Crippen molar-refractivity contribution in [3.05, 3.63) is 71.9 Å². The number of piperidine rings is 1. The molecule has 1 saturated heterocycles. The molecule has 168 valence electrons. The fourth-order valence-electron chi connectivity index (χ4n) is 4.28. The lowest BCUT2D eigenvalue weighted by Crippen LogP contribution is -2.46. The summed E-state index contributed by atoms with van der Waals surface area (Å²) in [4.78, 5) is 10.7. The number of hydrogen-bond donors (Lipinski definition) is 2. The van der Waals surface area contributed by atoms with E-state index in [1.54, 1.807) is 12.4 Å². The van der Waals surface area contributed by atoms with Crippen LogP contribution < -0.4 is 16.0 Å². The SMILES string of the molecule is CC1CC(N)CN(c2ccncc2NC(C)c2ccc(F)c(-c3c(F)cccc3F)n2)C1. The van der Waals surface area contributed by atoms with Gasteiger partial charge in [0, 0.05) is 25.3 Å². The lowest BCUT2D eigenvalue weighted by Gasteiger charge is -2.37. The molecule has 3 heterocycles. The number of anilines is 2. The Hall–Kier alpha value is -3.13. The molecule has 2 aromatic heterocycles. The number of nitrogens with one attached hydrogen (secondary N) is 1. The van der Waals surface area contributed by atoms with E-state index >= 15 is 0 Å². The molecule has 8 heteroatoms. The first kappa shape index (κ1) is 22.1. The lowest BCUT2D eigenvalue weighted by molar-refractivity contribution is 0.402.